The number of aliphatic hydroxyl groups is 1. The molecule has 96 valence electrons. The van der Waals surface area contributed by atoms with Crippen molar-refractivity contribution in [2.45, 2.75) is 20.4 Å². The highest BCUT2D eigenvalue weighted by Gasteiger charge is 2.03. The molecule has 3 nitrogen and oxygen atoms in total. The summed E-state index contributed by atoms with van der Waals surface area (Å²) in [4.78, 5) is 2.34. The lowest BCUT2D eigenvalue weighted by molar-refractivity contribution is 0.0732. The topological polar surface area (TPSA) is 32.7 Å². The van der Waals surface area contributed by atoms with Crippen LogP contribution in [0.4, 0.5) is 0 Å². The van der Waals surface area contributed by atoms with Gasteiger partial charge in [0.2, 0.25) is 0 Å². The number of aryl methyl sites for hydroxylation is 1. The minimum absolute atomic E-state index is 0.101. The van der Waals surface area contributed by atoms with Crippen molar-refractivity contribution in [2.75, 3.05) is 32.9 Å². The van der Waals surface area contributed by atoms with Crippen LogP contribution in [0.15, 0.2) is 24.3 Å². The Hall–Kier alpha value is -0.900. The van der Waals surface area contributed by atoms with E-state index in [4.69, 9.17) is 9.84 Å². The van der Waals surface area contributed by atoms with E-state index in [0.717, 1.165) is 19.6 Å². The van der Waals surface area contributed by atoms with Crippen LogP contribution in [0.2, 0.25) is 0 Å². The highest BCUT2D eigenvalue weighted by Crippen LogP contribution is 2.06. The number of hydrogen-bond acceptors (Lipinski definition) is 3. The molecule has 1 aromatic rings. The van der Waals surface area contributed by atoms with Gasteiger partial charge in [0.15, 0.2) is 0 Å². The molecular formula is C14H23NO2. The quantitative estimate of drug-likeness (QED) is 0.700. The fraction of sp³-hybridized carbons (Fsp3) is 0.571. The molecule has 17 heavy (non-hydrogen) atoms. The average Bonchev–Trinajstić information content (AvgIpc) is 2.35. The Morgan fingerprint density at radius 2 is 1.88 bits per heavy atom. The molecule has 1 rings (SSSR count). The minimum Gasteiger partial charge on any atom is -0.394 e. The average molecular weight is 237 g/mol. The summed E-state index contributed by atoms with van der Waals surface area (Å²) < 4.78 is 5.28. The van der Waals surface area contributed by atoms with Crippen LogP contribution in [0, 0.1) is 6.92 Å². The van der Waals surface area contributed by atoms with Crippen LogP contribution in [-0.4, -0.2) is 42.9 Å². The molecular weight excluding hydrogens is 214 g/mol. The molecule has 0 heterocycles. The van der Waals surface area contributed by atoms with Gasteiger partial charge in [0.1, 0.15) is 0 Å². The predicted octanol–water partition coefficient (Wildman–Crippen LogP) is 1.83. The largest absolute Gasteiger partial charge is 0.394 e. The second-order valence-electron chi connectivity index (χ2n) is 4.19. The Labute approximate surface area is 104 Å². The summed E-state index contributed by atoms with van der Waals surface area (Å²) in [6, 6.07) is 8.63. The minimum atomic E-state index is 0.101. The smallest absolute Gasteiger partial charge is 0.0698 e. The van der Waals surface area contributed by atoms with Crippen LogP contribution < -0.4 is 0 Å². The molecule has 0 saturated carbocycles. The molecule has 0 spiro atoms. The molecule has 0 aliphatic heterocycles. The van der Waals surface area contributed by atoms with Crippen molar-refractivity contribution in [1.82, 2.24) is 4.90 Å². The molecule has 0 aliphatic rings. The number of nitrogens with zero attached hydrogens (tertiary/aromatic N) is 1. The highest BCUT2D eigenvalue weighted by molar-refractivity contribution is 5.21. The lowest BCUT2D eigenvalue weighted by Crippen LogP contribution is -2.27. The fourth-order valence-electron chi connectivity index (χ4n) is 1.66. The van der Waals surface area contributed by atoms with Crippen LogP contribution in [0.25, 0.3) is 0 Å². The van der Waals surface area contributed by atoms with Crippen LogP contribution in [0.5, 0.6) is 0 Å². The van der Waals surface area contributed by atoms with Gasteiger partial charge in [-0.1, -0.05) is 36.8 Å². The van der Waals surface area contributed by atoms with E-state index in [0.29, 0.717) is 13.2 Å². The van der Waals surface area contributed by atoms with Crippen LogP contribution in [-0.2, 0) is 11.3 Å². The van der Waals surface area contributed by atoms with Crippen molar-refractivity contribution in [3.8, 4) is 0 Å². The van der Waals surface area contributed by atoms with Gasteiger partial charge in [0.05, 0.1) is 19.8 Å². The van der Waals surface area contributed by atoms with E-state index in [9.17, 15) is 0 Å². The molecule has 0 aromatic heterocycles. The maximum absolute atomic E-state index is 8.61. The van der Waals surface area contributed by atoms with Gasteiger partial charge in [0.25, 0.3) is 0 Å². The molecule has 0 fully saturated rings. The molecule has 1 aromatic carbocycles. The first-order valence-corrected chi connectivity index (χ1v) is 6.22. The van der Waals surface area contributed by atoms with Gasteiger partial charge >= 0.3 is 0 Å². The van der Waals surface area contributed by atoms with Crippen LogP contribution >= 0.6 is 0 Å². The Balaban J connectivity index is 2.33. The molecule has 0 aliphatic carbocycles. The molecule has 0 amide bonds. The van der Waals surface area contributed by atoms with E-state index in [1.807, 2.05) is 0 Å². The Morgan fingerprint density at radius 1 is 1.18 bits per heavy atom. The van der Waals surface area contributed by atoms with Gasteiger partial charge in [-0.3, -0.25) is 4.90 Å². The molecule has 1 N–H and O–H groups in total. The lowest BCUT2D eigenvalue weighted by Gasteiger charge is -2.20. The Kier molecular flexibility index (Phi) is 6.86. The third-order valence-electron chi connectivity index (χ3n) is 2.76. The number of hydrogen-bond donors (Lipinski definition) is 1. The SMILES string of the molecule is CCN(CCOCCO)Cc1ccc(C)cc1. The molecule has 3 heteroatoms. The summed E-state index contributed by atoms with van der Waals surface area (Å²) in [5, 5.41) is 8.61. The fourth-order valence-corrected chi connectivity index (χ4v) is 1.66. The summed E-state index contributed by atoms with van der Waals surface area (Å²) in [6.07, 6.45) is 0. The molecule has 0 bridgehead atoms. The van der Waals surface area contributed by atoms with Gasteiger partial charge in [-0.2, -0.15) is 0 Å². The van der Waals surface area contributed by atoms with E-state index in [1.165, 1.54) is 11.1 Å². The third kappa shape index (κ3) is 5.82. The van der Waals surface area contributed by atoms with Crippen LogP contribution in [0.1, 0.15) is 18.1 Å². The molecule has 0 saturated heterocycles. The number of aliphatic hydroxyl groups excluding tert-OH is 1. The first-order valence-electron chi connectivity index (χ1n) is 6.22. The highest BCUT2D eigenvalue weighted by atomic mass is 16.5. The second kappa shape index (κ2) is 8.23. The van der Waals surface area contributed by atoms with E-state index in [-0.39, 0.29) is 6.61 Å². The van der Waals surface area contributed by atoms with Crippen LogP contribution in [0.3, 0.4) is 0 Å². The van der Waals surface area contributed by atoms with Gasteiger partial charge in [0, 0.05) is 13.1 Å². The summed E-state index contributed by atoms with van der Waals surface area (Å²) in [5.41, 5.74) is 2.63. The normalized spacial score (nSPS) is 11.1. The van der Waals surface area contributed by atoms with Gasteiger partial charge in [-0.05, 0) is 19.0 Å². The number of rotatable bonds is 8. The maximum atomic E-state index is 8.61. The first-order chi connectivity index (χ1) is 8.26. The summed E-state index contributed by atoms with van der Waals surface area (Å²) in [7, 11) is 0. The van der Waals surface area contributed by atoms with Crippen molar-refractivity contribution in [3.05, 3.63) is 35.4 Å². The van der Waals surface area contributed by atoms with Crippen molar-refractivity contribution < 1.29 is 9.84 Å². The summed E-state index contributed by atoms with van der Waals surface area (Å²) in [6.45, 7) is 8.34. The standard InChI is InChI=1S/C14H23NO2/c1-3-15(8-10-17-11-9-16)12-14-6-4-13(2)5-7-14/h4-7,16H,3,8-12H2,1-2H3. The van der Waals surface area contributed by atoms with E-state index >= 15 is 0 Å². The summed E-state index contributed by atoms with van der Waals surface area (Å²) in [5.74, 6) is 0. The first kappa shape index (κ1) is 14.2. The lowest BCUT2D eigenvalue weighted by atomic mass is 10.1. The van der Waals surface area contributed by atoms with E-state index < -0.39 is 0 Å². The number of ether oxygens (including phenoxy) is 1. The van der Waals surface area contributed by atoms with Crippen molar-refractivity contribution in [2.24, 2.45) is 0 Å². The second-order valence-corrected chi connectivity index (χ2v) is 4.19. The molecule has 0 radical (unpaired) electrons. The zero-order chi connectivity index (χ0) is 12.5. The zero-order valence-electron chi connectivity index (χ0n) is 10.9. The Bertz CT molecular complexity index is 298. The monoisotopic (exact) mass is 237 g/mol. The maximum Gasteiger partial charge on any atom is 0.0698 e. The number of benzene rings is 1. The predicted molar refractivity (Wildman–Crippen MR) is 70.0 cm³/mol. The van der Waals surface area contributed by atoms with Crippen molar-refractivity contribution in [1.29, 1.82) is 0 Å². The zero-order valence-corrected chi connectivity index (χ0v) is 10.9. The molecule has 0 atom stereocenters. The van der Waals surface area contributed by atoms with Crippen molar-refractivity contribution in [3.63, 3.8) is 0 Å². The third-order valence-corrected chi connectivity index (χ3v) is 2.76. The number of likely N-dealkylation sites (N-methyl/N-ethyl adjacent to an activating group) is 1. The van der Waals surface area contributed by atoms with E-state index in [1.54, 1.807) is 0 Å². The Morgan fingerprint density at radius 3 is 2.47 bits per heavy atom. The van der Waals surface area contributed by atoms with Gasteiger partial charge < -0.3 is 9.84 Å². The molecule has 0 unspecified atom stereocenters. The van der Waals surface area contributed by atoms with Gasteiger partial charge in [-0.25, -0.2) is 0 Å². The van der Waals surface area contributed by atoms with E-state index in [2.05, 4.69) is 43.0 Å². The van der Waals surface area contributed by atoms with Crippen molar-refractivity contribution >= 4 is 0 Å². The summed E-state index contributed by atoms with van der Waals surface area (Å²) >= 11 is 0. The van der Waals surface area contributed by atoms with Gasteiger partial charge in [-0.15, -0.1) is 0 Å².